The number of aliphatic hydroxyl groups excluding tert-OH is 1. The average molecular weight is 280 g/mol. The number of aliphatic hydroxyl groups is 1. The van der Waals surface area contributed by atoms with E-state index in [-0.39, 0.29) is 6.61 Å². The van der Waals surface area contributed by atoms with E-state index < -0.39 is 0 Å². The highest BCUT2D eigenvalue weighted by Gasteiger charge is 2.16. The van der Waals surface area contributed by atoms with Crippen LogP contribution in [0.15, 0.2) is 18.2 Å². The molecule has 0 unspecified atom stereocenters. The number of aryl methyl sites for hydroxylation is 1. The number of hydrogen-bond acceptors (Lipinski definition) is 3. The van der Waals surface area contributed by atoms with Crippen molar-refractivity contribution in [3.63, 3.8) is 0 Å². The highest BCUT2D eigenvalue weighted by molar-refractivity contribution is 6.30. The maximum atomic E-state index is 9.37. The first-order valence-electron chi connectivity index (χ1n) is 6.33. The van der Waals surface area contributed by atoms with E-state index in [1.807, 2.05) is 25.1 Å². The Kier molecular flexibility index (Phi) is 4.22. The van der Waals surface area contributed by atoms with Gasteiger partial charge in [-0.05, 0) is 43.0 Å². The van der Waals surface area contributed by atoms with E-state index in [9.17, 15) is 5.11 Å². The van der Waals surface area contributed by atoms with E-state index in [4.69, 9.17) is 11.6 Å². The Labute approximate surface area is 118 Å². The summed E-state index contributed by atoms with van der Waals surface area (Å²) < 4.78 is 1.80. The van der Waals surface area contributed by atoms with Gasteiger partial charge in [0.05, 0.1) is 18.0 Å². The van der Waals surface area contributed by atoms with Crippen LogP contribution in [-0.2, 0) is 13.0 Å². The van der Waals surface area contributed by atoms with Crippen LogP contribution in [0.4, 0.5) is 0 Å². The molecule has 0 saturated carbocycles. The van der Waals surface area contributed by atoms with Crippen molar-refractivity contribution in [2.24, 2.45) is 5.92 Å². The highest BCUT2D eigenvalue weighted by atomic mass is 35.5. The maximum absolute atomic E-state index is 9.37. The topological polar surface area (TPSA) is 50.9 Å². The third-order valence-corrected chi connectivity index (χ3v) is 3.22. The molecule has 0 fully saturated rings. The lowest BCUT2D eigenvalue weighted by atomic mass is 10.1. The van der Waals surface area contributed by atoms with Gasteiger partial charge in [-0.2, -0.15) is 0 Å². The summed E-state index contributed by atoms with van der Waals surface area (Å²) in [4.78, 5) is 0. The number of hydrogen-bond donors (Lipinski definition) is 1. The number of nitrogens with zero attached hydrogens (tertiary/aromatic N) is 3. The third-order valence-electron chi connectivity index (χ3n) is 2.98. The molecule has 2 aromatic rings. The van der Waals surface area contributed by atoms with Gasteiger partial charge in [0.1, 0.15) is 5.69 Å². The van der Waals surface area contributed by atoms with Crippen LogP contribution in [0.2, 0.25) is 5.02 Å². The van der Waals surface area contributed by atoms with Crippen LogP contribution < -0.4 is 0 Å². The van der Waals surface area contributed by atoms with E-state index in [1.165, 1.54) is 0 Å². The normalized spacial score (nSPS) is 11.3. The summed E-state index contributed by atoms with van der Waals surface area (Å²) in [6.07, 6.45) is 0.824. The highest BCUT2D eigenvalue weighted by Crippen LogP contribution is 2.22. The number of rotatable bonds is 4. The van der Waals surface area contributed by atoms with Gasteiger partial charge in [0.25, 0.3) is 0 Å². The van der Waals surface area contributed by atoms with Crippen LogP contribution in [-0.4, -0.2) is 20.1 Å². The zero-order valence-electron chi connectivity index (χ0n) is 11.4. The Balaban J connectivity index is 2.52. The minimum absolute atomic E-state index is 0.0886. The number of halogens is 1. The molecule has 0 aliphatic heterocycles. The second-order valence-electron chi connectivity index (χ2n) is 5.08. The molecule has 0 aliphatic carbocycles. The third kappa shape index (κ3) is 2.96. The van der Waals surface area contributed by atoms with Crippen molar-refractivity contribution < 1.29 is 5.11 Å². The minimum Gasteiger partial charge on any atom is -0.390 e. The number of aromatic nitrogens is 3. The van der Waals surface area contributed by atoms with E-state index in [0.29, 0.717) is 16.6 Å². The summed E-state index contributed by atoms with van der Waals surface area (Å²) in [6, 6.07) is 5.66. The first-order valence-corrected chi connectivity index (χ1v) is 6.71. The van der Waals surface area contributed by atoms with Gasteiger partial charge in [-0.15, -0.1) is 5.10 Å². The first kappa shape index (κ1) is 14.0. The fourth-order valence-electron chi connectivity index (χ4n) is 2.10. The Morgan fingerprint density at radius 1 is 1.37 bits per heavy atom. The van der Waals surface area contributed by atoms with Gasteiger partial charge in [0, 0.05) is 5.02 Å². The van der Waals surface area contributed by atoms with Gasteiger partial charge in [-0.25, -0.2) is 4.68 Å². The summed E-state index contributed by atoms with van der Waals surface area (Å²) in [5.41, 5.74) is 3.59. The Morgan fingerprint density at radius 2 is 2.11 bits per heavy atom. The molecule has 0 bridgehead atoms. The van der Waals surface area contributed by atoms with Crippen LogP contribution in [0.1, 0.15) is 30.8 Å². The molecule has 0 saturated heterocycles. The lowest BCUT2D eigenvalue weighted by Gasteiger charge is -2.12. The van der Waals surface area contributed by atoms with Gasteiger partial charge in [-0.3, -0.25) is 0 Å². The standard InChI is InChI=1S/C14H18ClN3O/c1-9(2)6-14-12(8-19)16-17-18(14)13-5-4-11(15)7-10(13)3/h4-5,7,9,19H,6,8H2,1-3H3. The second-order valence-corrected chi connectivity index (χ2v) is 5.52. The van der Waals surface area contributed by atoms with Crippen molar-refractivity contribution in [3.05, 3.63) is 40.2 Å². The number of benzene rings is 1. The van der Waals surface area contributed by atoms with Gasteiger partial charge < -0.3 is 5.11 Å². The molecule has 2 rings (SSSR count). The minimum atomic E-state index is -0.0886. The van der Waals surface area contributed by atoms with Crippen LogP contribution in [0.5, 0.6) is 0 Å². The molecule has 5 heteroatoms. The molecule has 0 aliphatic rings. The van der Waals surface area contributed by atoms with Crippen LogP contribution >= 0.6 is 11.6 Å². The van der Waals surface area contributed by atoms with Crippen molar-refractivity contribution in [3.8, 4) is 5.69 Å². The summed E-state index contributed by atoms with van der Waals surface area (Å²) in [6.45, 7) is 6.16. The maximum Gasteiger partial charge on any atom is 0.112 e. The van der Waals surface area contributed by atoms with Crippen LogP contribution in [0.25, 0.3) is 5.69 Å². The van der Waals surface area contributed by atoms with Gasteiger partial charge in [0.2, 0.25) is 0 Å². The lowest BCUT2D eigenvalue weighted by Crippen LogP contribution is -2.08. The summed E-state index contributed by atoms with van der Waals surface area (Å²) in [5, 5.41) is 18.3. The fourth-order valence-corrected chi connectivity index (χ4v) is 2.32. The van der Waals surface area contributed by atoms with Crippen LogP contribution in [0, 0.1) is 12.8 Å². The zero-order valence-corrected chi connectivity index (χ0v) is 12.1. The largest absolute Gasteiger partial charge is 0.390 e. The SMILES string of the molecule is Cc1cc(Cl)ccc1-n1nnc(CO)c1CC(C)C. The quantitative estimate of drug-likeness (QED) is 0.936. The smallest absolute Gasteiger partial charge is 0.112 e. The predicted octanol–water partition coefficient (Wildman–Crippen LogP) is 2.92. The van der Waals surface area contributed by atoms with E-state index in [1.54, 1.807) is 4.68 Å². The van der Waals surface area contributed by atoms with Crippen molar-refractivity contribution in [2.45, 2.75) is 33.8 Å². The van der Waals surface area contributed by atoms with Gasteiger partial charge >= 0.3 is 0 Å². The van der Waals surface area contributed by atoms with Crippen molar-refractivity contribution in [2.75, 3.05) is 0 Å². The fraction of sp³-hybridized carbons (Fsp3) is 0.429. The molecule has 19 heavy (non-hydrogen) atoms. The lowest BCUT2D eigenvalue weighted by molar-refractivity contribution is 0.275. The molecule has 1 heterocycles. The Bertz CT molecular complexity index is 578. The van der Waals surface area contributed by atoms with Crippen LogP contribution in [0.3, 0.4) is 0 Å². The van der Waals surface area contributed by atoms with E-state index in [2.05, 4.69) is 24.2 Å². The molecule has 102 valence electrons. The van der Waals surface area contributed by atoms with Gasteiger partial charge in [0.15, 0.2) is 0 Å². The van der Waals surface area contributed by atoms with Crippen molar-refractivity contribution >= 4 is 11.6 Å². The molecule has 4 nitrogen and oxygen atoms in total. The average Bonchev–Trinajstić information content (AvgIpc) is 2.71. The van der Waals surface area contributed by atoms with Crippen molar-refractivity contribution in [1.82, 2.24) is 15.0 Å². The van der Waals surface area contributed by atoms with Gasteiger partial charge in [-0.1, -0.05) is 30.7 Å². The van der Waals surface area contributed by atoms with E-state index >= 15 is 0 Å². The first-order chi connectivity index (χ1) is 9.02. The molecular formula is C14H18ClN3O. The second kappa shape index (κ2) is 5.72. The Hall–Kier alpha value is -1.39. The molecular weight excluding hydrogens is 262 g/mol. The molecule has 1 N–H and O–H groups in total. The molecule has 0 radical (unpaired) electrons. The summed E-state index contributed by atoms with van der Waals surface area (Å²) >= 11 is 5.98. The molecule has 0 atom stereocenters. The monoisotopic (exact) mass is 279 g/mol. The summed E-state index contributed by atoms with van der Waals surface area (Å²) in [5.74, 6) is 0.468. The molecule has 1 aromatic heterocycles. The Morgan fingerprint density at radius 3 is 2.68 bits per heavy atom. The van der Waals surface area contributed by atoms with E-state index in [0.717, 1.165) is 23.4 Å². The molecule has 0 amide bonds. The molecule has 0 spiro atoms. The molecule has 1 aromatic carbocycles. The predicted molar refractivity (Wildman–Crippen MR) is 75.6 cm³/mol. The summed E-state index contributed by atoms with van der Waals surface area (Å²) in [7, 11) is 0. The van der Waals surface area contributed by atoms with Crippen molar-refractivity contribution in [1.29, 1.82) is 0 Å². The zero-order chi connectivity index (χ0) is 14.0.